The predicted molar refractivity (Wildman–Crippen MR) is 69.2 cm³/mol. The van der Waals surface area contributed by atoms with E-state index in [-0.39, 0.29) is 5.92 Å². The molecule has 1 heterocycles. The monoisotopic (exact) mass is 273 g/mol. The summed E-state index contributed by atoms with van der Waals surface area (Å²) in [6, 6.07) is 0. The van der Waals surface area contributed by atoms with Crippen molar-refractivity contribution in [1.82, 2.24) is 4.90 Å². The lowest BCUT2D eigenvalue weighted by molar-refractivity contribution is -0.201. The van der Waals surface area contributed by atoms with E-state index in [1.165, 1.54) is 13.5 Å². The first kappa shape index (κ1) is 14.7. The van der Waals surface area contributed by atoms with Gasteiger partial charge in [0.15, 0.2) is 6.10 Å². The molecule has 2 rings (SSSR count). The zero-order valence-corrected chi connectivity index (χ0v) is 11.6. The molecule has 0 bridgehead atoms. The number of methoxy groups -OCH3 is 1. The molecule has 0 aromatic rings. The van der Waals surface area contributed by atoms with Crippen molar-refractivity contribution in [2.24, 2.45) is 5.92 Å². The van der Waals surface area contributed by atoms with Crippen molar-refractivity contribution in [2.45, 2.75) is 57.5 Å². The largest absolute Gasteiger partial charge is 0.467 e. The van der Waals surface area contributed by atoms with Crippen molar-refractivity contribution < 1.29 is 18.7 Å². The van der Waals surface area contributed by atoms with Crippen LogP contribution in [-0.2, 0) is 14.3 Å². The van der Waals surface area contributed by atoms with Gasteiger partial charge in [0, 0.05) is 13.1 Å². The second-order valence-electron chi connectivity index (χ2n) is 5.51. The summed E-state index contributed by atoms with van der Waals surface area (Å²) in [5.41, 5.74) is 0. The van der Waals surface area contributed by atoms with Gasteiger partial charge in [0.2, 0.25) is 0 Å². The van der Waals surface area contributed by atoms with Crippen molar-refractivity contribution in [3.05, 3.63) is 0 Å². The number of nitrogens with zero attached hydrogens (tertiary/aromatic N) is 1. The summed E-state index contributed by atoms with van der Waals surface area (Å²) in [6.07, 6.45) is 6.45. The standard InChI is InChI=1S/C14H24FNO3/c1-18-13(17)12(11-7-3-2-4-8-11)19-14(15)16-9-5-6-10-16/h11-12,14H,2-10H2,1H3/t12-,14?/m0/s1. The van der Waals surface area contributed by atoms with Gasteiger partial charge < -0.3 is 9.47 Å². The van der Waals surface area contributed by atoms with E-state index in [2.05, 4.69) is 0 Å². The highest BCUT2D eigenvalue weighted by molar-refractivity contribution is 5.74. The highest BCUT2D eigenvalue weighted by Gasteiger charge is 2.35. The van der Waals surface area contributed by atoms with Gasteiger partial charge in [-0.05, 0) is 31.6 Å². The average Bonchev–Trinajstić information content (AvgIpc) is 2.99. The Balaban J connectivity index is 1.94. The zero-order valence-electron chi connectivity index (χ0n) is 11.6. The average molecular weight is 273 g/mol. The maximum Gasteiger partial charge on any atom is 0.335 e. The van der Waals surface area contributed by atoms with Crippen LogP contribution in [-0.4, -0.2) is 43.7 Å². The fourth-order valence-electron chi connectivity index (χ4n) is 3.06. The maximum atomic E-state index is 14.1. The second kappa shape index (κ2) is 7.20. The molecule has 5 heteroatoms. The third-order valence-corrected chi connectivity index (χ3v) is 4.20. The minimum atomic E-state index is -1.48. The highest BCUT2D eigenvalue weighted by atomic mass is 19.1. The van der Waals surface area contributed by atoms with Crippen LogP contribution in [0.3, 0.4) is 0 Å². The van der Waals surface area contributed by atoms with Gasteiger partial charge in [-0.1, -0.05) is 19.3 Å². The van der Waals surface area contributed by atoms with E-state index in [0.717, 1.165) is 38.5 Å². The van der Waals surface area contributed by atoms with Crippen LogP contribution in [0.2, 0.25) is 0 Å². The fraction of sp³-hybridized carbons (Fsp3) is 0.929. The number of hydrogen-bond donors (Lipinski definition) is 0. The molecule has 0 amide bonds. The minimum absolute atomic E-state index is 0.0991. The molecule has 0 spiro atoms. The molecular formula is C14H24FNO3. The molecule has 2 fully saturated rings. The van der Waals surface area contributed by atoms with E-state index in [0.29, 0.717) is 13.1 Å². The van der Waals surface area contributed by atoms with Crippen molar-refractivity contribution in [3.63, 3.8) is 0 Å². The lowest BCUT2D eigenvalue weighted by Gasteiger charge is -2.31. The van der Waals surface area contributed by atoms with Crippen molar-refractivity contribution in [1.29, 1.82) is 0 Å². The van der Waals surface area contributed by atoms with Crippen LogP contribution >= 0.6 is 0 Å². The molecule has 4 nitrogen and oxygen atoms in total. The summed E-state index contributed by atoms with van der Waals surface area (Å²) in [6.45, 7) is -0.0621. The molecule has 1 unspecified atom stereocenters. The summed E-state index contributed by atoms with van der Waals surface area (Å²) >= 11 is 0. The number of hydrogen-bond acceptors (Lipinski definition) is 4. The first-order chi connectivity index (χ1) is 9.22. The molecule has 19 heavy (non-hydrogen) atoms. The summed E-state index contributed by atoms with van der Waals surface area (Å²) in [4.78, 5) is 13.5. The molecule has 2 atom stereocenters. The summed E-state index contributed by atoms with van der Waals surface area (Å²) < 4.78 is 24.3. The highest BCUT2D eigenvalue weighted by Crippen LogP contribution is 2.30. The van der Waals surface area contributed by atoms with E-state index in [1.54, 1.807) is 4.90 Å². The Morgan fingerprint density at radius 1 is 1.16 bits per heavy atom. The summed E-state index contributed by atoms with van der Waals surface area (Å²) in [5, 5.41) is 0. The molecule has 110 valence electrons. The van der Waals surface area contributed by atoms with E-state index in [9.17, 15) is 9.18 Å². The number of ether oxygens (including phenoxy) is 2. The molecule has 1 aliphatic carbocycles. The molecule has 0 aromatic carbocycles. The van der Waals surface area contributed by atoms with E-state index < -0.39 is 18.6 Å². The first-order valence-corrected chi connectivity index (χ1v) is 7.34. The van der Waals surface area contributed by atoms with Crippen molar-refractivity contribution in [3.8, 4) is 0 Å². The zero-order chi connectivity index (χ0) is 13.7. The van der Waals surface area contributed by atoms with Gasteiger partial charge in [0.25, 0.3) is 6.48 Å². The van der Waals surface area contributed by atoms with Gasteiger partial charge in [-0.3, -0.25) is 4.90 Å². The molecule has 0 radical (unpaired) electrons. The third kappa shape index (κ3) is 3.89. The Kier molecular flexibility index (Phi) is 5.58. The number of rotatable bonds is 5. The van der Waals surface area contributed by atoms with E-state index in [1.807, 2.05) is 0 Å². The molecule has 2 aliphatic rings. The lowest BCUT2D eigenvalue weighted by Crippen LogP contribution is -2.42. The minimum Gasteiger partial charge on any atom is -0.467 e. The van der Waals surface area contributed by atoms with Crippen LogP contribution in [0.5, 0.6) is 0 Å². The lowest BCUT2D eigenvalue weighted by atomic mass is 9.85. The first-order valence-electron chi connectivity index (χ1n) is 7.34. The van der Waals surface area contributed by atoms with Gasteiger partial charge in [-0.25, -0.2) is 4.79 Å². The topological polar surface area (TPSA) is 38.8 Å². The molecule has 1 aliphatic heterocycles. The Bertz CT molecular complexity index is 288. The van der Waals surface area contributed by atoms with Crippen LogP contribution in [0.15, 0.2) is 0 Å². The molecule has 0 N–H and O–H groups in total. The van der Waals surface area contributed by atoms with Gasteiger partial charge in [-0.2, -0.15) is 4.39 Å². The Morgan fingerprint density at radius 2 is 1.79 bits per heavy atom. The fourth-order valence-corrected chi connectivity index (χ4v) is 3.06. The van der Waals surface area contributed by atoms with Crippen LogP contribution in [0.1, 0.15) is 44.9 Å². The maximum absolute atomic E-state index is 14.1. The predicted octanol–water partition coefficient (Wildman–Crippen LogP) is 2.47. The molecule has 1 saturated carbocycles. The molecular weight excluding hydrogens is 249 g/mol. The summed E-state index contributed by atoms with van der Waals surface area (Å²) in [7, 11) is 1.34. The number of carbonyl (C=O) groups is 1. The van der Waals surface area contributed by atoms with Crippen molar-refractivity contribution >= 4 is 5.97 Å². The van der Waals surface area contributed by atoms with Crippen molar-refractivity contribution in [2.75, 3.05) is 20.2 Å². The Hall–Kier alpha value is -0.680. The summed E-state index contributed by atoms with van der Waals surface area (Å²) in [5.74, 6) is -0.337. The Labute approximate surface area is 114 Å². The van der Waals surface area contributed by atoms with Crippen LogP contribution < -0.4 is 0 Å². The molecule has 1 saturated heterocycles. The van der Waals surface area contributed by atoms with E-state index in [4.69, 9.17) is 9.47 Å². The number of esters is 1. The smallest absolute Gasteiger partial charge is 0.335 e. The number of alkyl halides is 1. The quantitative estimate of drug-likeness (QED) is 0.570. The molecule has 0 aromatic heterocycles. The van der Waals surface area contributed by atoms with Gasteiger partial charge in [0.05, 0.1) is 7.11 Å². The normalized spacial score (nSPS) is 25.2. The third-order valence-electron chi connectivity index (χ3n) is 4.20. The van der Waals surface area contributed by atoms with Crippen LogP contribution in [0.25, 0.3) is 0 Å². The van der Waals surface area contributed by atoms with Gasteiger partial charge >= 0.3 is 5.97 Å². The number of halogens is 1. The Morgan fingerprint density at radius 3 is 2.37 bits per heavy atom. The number of likely N-dealkylation sites (tertiary alicyclic amines) is 1. The SMILES string of the molecule is COC(=O)[C@@H](OC(F)N1CCCC1)C1CCCCC1. The van der Waals surface area contributed by atoms with Crippen LogP contribution in [0.4, 0.5) is 4.39 Å². The van der Waals surface area contributed by atoms with Crippen LogP contribution in [0, 0.1) is 5.92 Å². The number of carbonyl (C=O) groups excluding carboxylic acids is 1. The van der Waals surface area contributed by atoms with E-state index >= 15 is 0 Å². The van der Waals surface area contributed by atoms with Gasteiger partial charge in [0.1, 0.15) is 0 Å². The van der Waals surface area contributed by atoms with Gasteiger partial charge in [-0.15, -0.1) is 0 Å². The second-order valence-corrected chi connectivity index (χ2v) is 5.51.